The maximum Gasteiger partial charge on any atom is 0.276 e. The van der Waals surface area contributed by atoms with Crippen molar-refractivity contribution in [3.05, 3.63) is 59.1 Å². The van der Waals surface area contributed by atoms with Gasteiger partial charge in [-0.15, -0.1) is 0 Å². The maximum atomic E-state index is 11.8. The van der Waals surface area contributed by atoms with Crippen molar-refractivity contribution in [1.82, 2.24) is 10.9 Å². The monoisotopic (exact) mass is 374 g/mol. The first kappa shape index (κ1) is 17.6. The first-order valence-electron chi connectivity index (χ1n) is 7.66. The third kappa shape index (κ3) is 4.67. The number of ether oxygens (including phenoxy) is 3. The van der Waals surface area contributed by atoms with Gasteiger partial charge in [-0.2, -0.15) is 0 Å². The van der Waals surface area contributed by atoms with Crippen LogP contribution in [0.3, 0.4) is 0 Å². The van der Waals surface area contributed by atoms with Crippen LogP contribution in [0.1, 0.15) is 5.56 Å². The van der Waals surface area contributed by atoms with E-state index in [0.717, 1.165) is 5.56 Å². The van der Waals surface area contributed by atoms with E-state index in [2.05, 4.69) is 10.9 Å². The minimum absolute atomic E-state index is 0.186. The van der Waals surface area contributed by atoms with Crippen LogP contribution < -0.4 is 25.1 Å². The summed E-state index contributed by atoms with van der Waals surface area (Å²) in [6.07, 6.45) is 2.87. The molecule has 2 N–H and O–H groups in total. The lowest BCUT2D eigenvalue weighted by Crippen LogP contribution is -2.43. The van der Waals surface area contributed by atoms with Crippen LogP contribution in [0.15, 0.2) is 48.5 Å². The number of hydrazine groups is 1. The van der Waals surface area contributed by atoms with E-state index in [1.165, 1.54) is 6.08 Å². The molecule has 0 aliphatic carbocycles. The summed E-state index contributed by atoms with van der Waals surface area (Å²) in [6, 6.07) is 12.1. The van der Waals surface area contributed by atoms with E-state index < -0.39 is 11.8 Å². The molecule has 0 saturated carbocycles. The fourth-order valence-corrected chi connectivity index (χ4v) is 2.29. The Morgan fingerprint density at radius 3 is 2.77 bits per heavy atom. The predicted molar refractivity (Wildman–Crippen MR) is 94.8 cm³/mol. The Morgan fingerprint density at radius 1 is 1.12 bits per heavy atom. The van der Waals surface area contributed by atoms with Crippen LogP contribution in [-0.4, -0.2) is 25.2 Å². The molecular formula is C18H15ClN2O5. The van der Waals surface area contributed by atoms with Gasteiger partial charge in [0.1, 0.15) is 5.75 Å². The van der Waals surface area contributed by atoms with Crippen LogP contribution in [0, 0.1) is 0 Å². The molecule has 0 saturated heterocycles. The van der Waals surface area contributed by atoms with Gasteiger partial charge in [0.15, 0.2) is 18.1 Å². The number of para-hydroxylation sites is 1. The Bertz CT molecular complexity index is 853. The van der Waals surface area contributed by atoms with Gasteiger partial charge in [0, 0.05) is 6.08 Å². The standard InChI is InChI=1S/C18H15ClN2O5/c19-13-3-1-2-4-14(13)24-10-18(23)21-20-17(22)8-6-12-5-7-15-16(9-12)26-11-25-15/h1-9H,10-11H2,(H,20,22)(H,21,23)/b8-6+. The van der Waals surface area contributed by atoms with E-state index >= 15 is 0 Å². The van der Waals surface area contributed by atoms with Crippen molar-refractivity contribution in [3.63, 3.8) is 0 Å². The lowest BCUT2D eigenvalue weighted by atomic mass is 10.2. The molecule has 0 spiro atoms. The predicted octanol–water partition coefficient (Wildman–Crippen LogP) is 2.31. The minimum atomic E-state index is -0.519. The topological polar surface area (TPSA) is 85.9 Å². The average Bonchev–Trinajstić information content (AvgIpc) is 3.12. The molecule has 0 unspecified atom stereocenters. The molecule has 134 valence electrons. The molecule has 0 radical (unpaired) electrons. The molecule has 2 aromatic carbocycles. The summed E-state index contributed by atoms with van der Waals surface area (Å²) >= 11 is 5.92. The van der Waals surface area contributed by atoms with E-state index in [4.69, 9.17) is 25.8 Å². The van der Waals surface area contributed by atoms with Gasteiger partial charge in [0.2, 0.25) is 6.79 Å². The third-order valence-electron chi connectivity index (χ3n) is 3.34. The average molecular weight is 375 g/mol. The first-order valence-corrected chi connectivity index (χ1v) is 8.03. The van der Waals surface area contributed by atoms with E-state index in [1.807, 2.05) is 0 Å². The number of benzene rings is 2. The van der Waals surface area contributed by atoms with Gasteiger partial charge in [-0.3, -0.25) is 20.4 Å². The normalized spacial score (nSPS) is 12.0. The van der Waals surface area contributed by atoms with Crippen molar-refractivity contribution in [2.75, 3.05) is 13.4 Å². The van der Waals surface area contributed by atoms with E-state index in [9.17, 15) is 9.59 Å². The molecule has 1 aliphatic heterocycles. The van der Waals surface area contributed by atoms with Crippen molar-refractivity contribution >= 4 is 29.5 Å². The van der Waals surface area contributed by atoms with Crippen molar-refractivity contribution < 1.29 is 23.8 Å². The summed E-state index contributed by atoms with van der Waals surface area (Å²) in [5.74, 6) is 0.664. The zero-order valence-electron chi connectivity index (χ0n) is 13.5. The number of rotatable bonds is 5. The molecule has 0 atom stereocenters. The fraction of sp³-hybridized carbons (Fsp3) is 0.111. The Balaban J connectivity index is 1.43. The van der Waals surface area contributed by atoms with E-state index in [-0.39, 0.29) is 13.4 Å². The lowest BCUT2D eigenvalue weighted by molar-refractivity contribution is -0.128. The smallest absolute Gasteiger partial charge is 0.276 e. The Hall–Kier alpha value is -3.19. The van der Waals surface area contributed by atoms with E-state index in [0.29, 0.717) is 22.3 Å². The van der Waals surface area contributed by atoms with Gasteiger partial charge >= 0.3 is 0 Å². The van der Waals surface area contributed by atoms with Crippen molar-refractivity contribution in [3.8, 4) is 17.2 Å². The van der Waals surface area contributed by atoms with Gasteiger partial charge in [-0.1, -0.05) is 29.8 Å². The van der Waals surface area contributed by atoms with Gasteiger partial charge in [-0.25, -0.2) is 0 Å². The second-order valence-electron chi connectivity index (χ2n) is 5.20. The molecule has 1 heterocycles. The lowest BCUT2D eigenvalue weighted by Gasteiger charge is -2.08. The summed E-state index contributed by atoms with van der Waals surface area (Å²) < 4.78 is 15.7. The zero-order chi connectivity index (χ0) is 18.4. The third-order valence-corrected chi connectivity index (χ3v) is 3.66. The highest BCUT2D eigenvalue weighted by Gasteiger charge is 2.12. The number of fused-ring (bicyclic) bond motifs is 1. The van der Waals surface area contributed by atoms with Gasteiger partial charge in [-0.05, 0) is 35.9 Å². The van der Waals surface area contributed by atoms with Crippen LogP contribution in [0.25, 0.3) is 6.08 Å². The van der Waals surface area contributed by atoms with Gasteiger partial charge in [0.05, 0.1) is 5.02 Å². The first-order chi connectivity index (χ1) is 12.6. The molecule has 26 heavy (non-hydrogen) atoms. The molecule has 0 aromatic heterocycles. The second kappa shape index (κ2) is 8.26. The molecule has 7 nitrogen and oxygen atoms in total. The molecule has 2 amide bonds. The Kier molecular flexibility index (Phi) is 5.60. The van der Waals surface area contributed by atoms with Crippen LogP contribution in [0.5, 0.6) is 17.2 Å². The Labute approximate surface area is 154 Å². The van der Waals surface area contributed by atoms with Crippen LogP contribution >= 0.6 is 11.6 Å². The minimum Gasteiger partial charge on any atom is -0.482 e. The quantitative estimate of drug-likeness (QED) is 0.619. The molecule has 3 rings (SSSR count). The molecule has 0 fully saturated rings. The highest BCUT2D eigenvalue weighted by Crippen LogP contribution is 2.32. The zero-order valence-corrected chi connectivity index (χ0v) is 14.3. The fourth-order valence-electron chi connectivity index (χ4n) is 2.10. The highest BCUT2D eigenvalue weighted by atomic mass is 35.5. The molecular weight excluding hydrogens is 360 g/mol. The maximum absolute atomic E-state index is 11.8. The second-order valence-corrected chi connectivity index (χ2v) is 5.61. The summed E-state index contributed by atoms with van der Waals surface area (Å²) in [7, 11) is 0. The SMILES string of the molecule is O=C(/C=C/c1ccc2c(c1)OCO2)NNC(=O)COc1ccccc1Cl. The highest BCUT2D eigenvalue weighted by molar-refractivity contribution is 6.32. The summed E-state index contributed by atoms with van der Waals surface area (Å²) in [5, 5.41) is 0.399. The number of carbonyl (C=O) groups excluding carboxylic acids is 2. The molecule has 1 aliphatic rings. The van der Waals surface area contributed by atoms with Gasteiger partial charge in [0.25, 0.3) is 11.8 Å². The molecule has 2 aromatic rings. The summed E-state index contributed by atoms with van der Waals surface area (Å²) in [6.45, 7) is -0.0961. The van der Waals surface area contributed by atoms with Crippen molar-refractivity contribution in [2.24, 2.45) is 0 Å². The van der Waals surface area contributed by atoms with Crippen molar-refractivity contribution in [2.45, 2.75) is 0 Å². The molecule has 8 heteroatoms. The summed E-state index contributed by atoms with van der Waals surface area (Å²) in [4.78, 5) is 23.4. The van der Waals surface area contributed by atoms with Crippen LogP contribution in [0.2, 0.25) is 5.02 Å². The summed E-state index contributed by atoms with van der Waals surface area (Å²) in [5.41, 5.74) is 5.27. The number of amides is 2. The molecule has 0 bridgehead atoms. The number of carbonyl (C=O) groups is 2. The van der Waals surface area contributed by atoms with Crippen LogP contribution in [0.4, 0.5) is 0 Å². The van der Waals surface area contributed by atoms with E-state index in [1.54, 1.807) is 48.5 Å². The van der Waals surface area contributed by atoms with Gasteiger partial charge < -0.3 is 14.2 Å². The number of halogens is 1. The Morgan fingerprint density at radius 2 is 1.92 bits per heavy atom. The van der Waals surface area contributed by atoms with Crippen molar-refractivity contribution in [1.29, 1.82) is 0 Å². The number of hydrogen-bond acceptors (Lipinski definition) is 5. The largest absolute Gasteiger partial charge is 0.482 e. The number of nitrogens with one attached hydrogen (secondary N) is 2. The van der Waals surface area contributed by atoms with Crippen LogP contribution in [-0.2, 0) is 9.59 Å². The number of hydrogen-bond donors (Lipinski definition) is 2.